The summed E-state index contributed by atoms with van der Waals surface area (Å²) in [6.07, 6.45) is 4.05. The molecule has 0 spiro atoms. The maximum atomic E-state index is 5.34. The average Bonchev–Trinajstić information content (AvgIpc) is 2.98. The largest absolute Gasteiger partial charge is 0.378 e. The lowest BCUT2D eigenvalue weighted by atomic mass is 10.4. The molecule has 2 heterocycles. The monoisotopic (exact) mass is 181 g/mol. The van der Waals surface area contributed by atoms with Crippen LogP contribution in [0.2, 0.25) is 0 Å². The van der Waals surface area contributed by atoms with E-state index in [1.807, 2.05) is 0 Å². The van der Waals surface area contributed by atoms with Gasteiger partial charge in [0.2, 0.25) is 0 Å². The van der Waals surface area contributed by atoms with Crippen LogP contribution in [-0.4, -0.2) is 40.9 Å². The summed E-state index contributed by atoms with van der Waals surface area (Å²) in [5.41, 5.74) is 0. The molecule has 0 bridgehead atoms. The molecule has 1 aliphatic rings. The summed E-state index contributed by atoms with van der Waals surface area (Å²) < 4.78 is 10.3. The highest BCUT2D eigenvalue weighted by Crippen LogP contribution is 2.08. The summed E-state index contributed by atoms with van der Waals surface area (Å²) in [6.45, 7) is 2.17. The van der Waals surface area contributed by atoms with E-state index in [2.05, 4.69) is 15.0 Å². The van der Waals surface area contributed by atoms with Crippen LogP contribution >= 0.6 is 0 Å². The van der Waals surface area contributed by atoms with Crippen LogP contribution in [0, 0.1) is 0 Å². The molecule has 0 N–H and O–H groups in total. The molecule has 1 atom stereocenters. The molecule has 1 aliphatic heterocycles. The van der Waals surface area contributed by atoms with E-state index in [1.165, 1.54) is 12.7 Å². The Kier molecular flexibility index (Phi) is 2.79. The summed E-state index contributed by atoms with van der Waals surface area (Å²) in [5.74, 6) is 0.770. The molecule has 0 amide bonds. The Bertz CT molecular complexity index is 251. The molecule has 5 nitrogen and oxygen atoms in total. The summed E-state index contributed by atoms with van der Waals surface area (Å²) >= 11 is 0. The van der Waals surface area contributed by atoms with E-state index in [1.54, 1.807) is 0 Å². The van der Waals surface area contributed by atoms with Gasteiger partial charge in [-0.05, 0) is 0 Å². The first-order chi connectivity index (χ1) is 6.45. The number of rotatable bonds is 5. The van der Waals surface area contributed by atoms with Gasteiger partial charge in [0.05, 0.1) is 19.8 Å². The number of hydrogen-bond donors (Lipinski definition) is 0. The summed E-state index contributed by atoms with van der Waals surface area (Å²) in [7, 11) is 0. The smallest absolute Gasteiger partial charge is 0.134 e. The van der Waals surface area contributed by atoms with E-state index in [0.29, 0.717) is 19.3 Å². The van der Waals surface area contributed by atoms with Gasteiger partial charge in [0.15, 0.2) is 0 Å². The summed E-state index contributed by atoms with van der Waals surface area (Å²) in [4.78, 5) is 11.7. The maximum Gasteiger partial charge on any atom is 0.134 e. The molecule has 70 valence electrons. The SMILES string of the molecule is c1ncnc(CCOCC2CO2)n1. The average molecular weight is 181 g/mol. The third kappa shape index (κ3) is 3.04. The van der Waals surface area contributed by atoms with Gasteiger partial charge < -0.3 is 9.47 Å². The third-order valence-corrected chi connectivity index (χ3v) is 1.72. The molecule has 1 aromatic rings. The van der Waals surface area contributed by atoms with Crippen LogP contribution in [0.5, 0.6) is 0 Å². The van der Waals surface area contributed by atoms with E-state index in [4.69, 9.17) is 9.47 Å². The van der Waals surface area contributed by atoms with Gasteiger partial charge in [-0.2, -0.15) is 0 Å². The fraction of sp³-hybridized carbons (Fsp3) is 0.625. The molecule has 0 aromatic carbocycles. The molecule has 0 radical (unpaired) electrons. The first-order valence-electron chi connectivity index (χ1n) is 4.25. The van der Waals surface area contributed by atoms with Gasteiger partial charge in [-0.3, -0.25) is 0 Å². The maximum absolute atomic E-state index is 5.34. The van der Waals surface area contributed by atoms with Crippen molar-refractivity contribution in [1.82, 2.24) is 15.0 Å². The zero-order valence-electron chi connectivity index (χ0n) is 7.22. The van der Waals surface area contributed by atoms with E-state index < -0.39 is 0 Å². The third-order valence-electron chi connectivity index (χ3n) is 1.72. The lowest BCUT2D eigenvalue weighted by Crippen LogP contribution is -2.06. The first-order valence-corrected chi connectivity index (χ1v) is 4.25. The number of nitrogens with zero attached hydrogens (tertiary/aromatic N) is 3. The lowest BCUT2D eigenvalue weighted by Gasteiger charge is -1.99. The number of hydrogen-bond acceptors (Lipinski definition) is 5. The molecule has 1 saturated heterocycles. The quantitative estimate of drug-likeness (QED) is 0.466. The highest BCUT2D eigenvalue weighted by Gasteiger charge is 2.21. The van der Waals surface area contributed by atoms with Crippen molar-refractivity contribution in [2.75, 3.05) is 19.8 Å². The van der Waals surface area contributed by atoms with Crippen LogP contribution in [0.4, 0.5) is 0 Å². The summed E-state index contributed by atoms with van der Waals surface area (Å²) in [6, 6.07) is 0. The standard InChI is InChI=1S/C8H11N3O2/c1(2-12-3-7-4-13-7)8-10-5-9-6-11-8/h5-7H,1-4H2. The molecule has 1 unspecified atom stereocenters. The normalized spacial score (nSPS) is 20.2. The minimum Gasteiger partial charge on any atom is -0.378 e. The van der Waals surface area contributed by atoms with Crippen molar-refractivity contribution >= 4 is 0 Å². The molecule has 2 rings (SSSR count). The van der Waals surface area contributed by atoms with Gasteiger partial charge in [-0.1, -0.05) is 0 Å². The van der Waals surface area contributed by atoms with Crippen LogP contribution in [-0.2, 0) is 15.9 Å². The molecule has 5 heteroatoms. The number of ether oxygens (including phenoxy) is 2. The Labute approximate surface area is 76.1 Å². The Hall–Kier alpha value is -1.07. The highest BCUT2D eigenvalue weighted by molar-refractivity contribution is 4.81. The van der Waals surface area contributed by atoms with Crippen LogP contribution in [0.15, 0.2) is 12.7 Å². The second kappa shape index (κ2) is 4.25. The van der Waals surface area contributed by atoms with Gasteiger partial charge in [0.1, 0.15) is 24.6 Å². The van der Waals surface area contributed by atoms with Crippen molar-refractivity contribution in [2.45, 2.75) is 12.5 Å². The molecule has 0 aliphatic carbocycles. The van der Waals surface area contributed by atoms with Crippen molar-refractivity contribution < 1.29 is 9.47 Å². The minimum atomic E-state index is 0.332. The number of epoxide rings is 1. The fourth-order valence-electron chi connectivity index (χ4n) is 0.935. The second-order valence-electron chi connectivity index (χ2n) is 2.83. The van der Waals surface area contributed by atoms with E-state index in [9.17, 15) is 0 Å². The first kappa shape index (κ1) is 8.52. The Balaban J connectivity index is 1.61. The van der Waals surface area contributed by atoms with Gasteiger partial charge in [-0.15, -0.1) is 0 Å². The van der Waals surface area contributed by atoms with Crippen molar-refractivity contribution in [3.05, 3.63) is 18.5 Å². The molecular formula is C8H11N3O2. The van der Waals surface area contributed by atoms with E-state index in [-0.39, 0.29) is 0 Å². The van der Waals surface area contributed by atoms with Gasteiger partial charge in [0, 0.05) is 6.42 Å². The Morgan fingerprint density at radius 2 is 2.23 bits per heavy atom. The van der Waals surface area contributed by atoms with E-state index in [0.717, 1.165) is 18.9 Å². The summed E-state index contributed by atoms with van der Waals surface area (Å²) in [5, 5.41) is 0. The van der Waals surface area contributed by atoms with Crippen LogP contribution in [0.25, 0.3) is 0 Å². The van der Waals surface area contributed by atoms with Crippen molar-refractivity contribution in [3.8, 4) is 0 Å². The van der Waals surface area contributed by atoms with Gasteiger partial charge >= 0.3 is 0 Å². The minimum absolute atomic E-state index is 0.332. The van der Waals surface area contributed by atoms with Crippen molar-refractivity contribution in [3.63, 3.8) is 0 Å². The lowest BCUT2D eigenvalue weighted by molar-refractivity contribution is 0.118. The zero-order chi connectivity index (χ0) is 8.93. The van der Waals surface area contributed by atoms with Gasteiger partial charge in [-0.25, -0.2) is 15.0 Å². The van der Waals surface area contributed by atoms with Crippen LogP contribution < -0.4 is 0 Å². The topological polar surface area (TPSA) is 60.4 Å². The molecular weight excluding hydrogens is 170 g/mol. The predicted molar refractivity (Wildman–Crippen MR) is 44.1 cm³/mol. The number of aromatic nitrogens is 3. The highest BCUT2D eigenvalue weighted by atomic mass is 16.6. The molecule has 13 heavy (non-hydrogen) atoms. The predicted octanol–water partition coefficient (Wildman–Crippen LogP) is -0.171. The molecule has 1 fully saturated rings. The molecule has 1 aromatic heterocycles. The zero-order valence-corrected chi connectivity index (χ0v) is 7.22. The van der Waals surface area contributed by atoms with Crippen molar-refractivity contribution in [1.29, 1.82) is 0 Å². The van der Waals surface area contributed by atoms with Crippen LogP contribution in [0.1, 0.15) is 5.82 Å². The second-order valence-corrected chi connectivity index (χ2v) is 2.83. The van der Waals surface area contributed by atoms with Crippen LogP contribution in [0.3, 0.4) is 0 Å². The van der Waals surface area contributed by atoms with E-state index >= 15 is 0 Å². The Morgan fingerprint density at radius 1 is 1.46 bits per heavy atom. The molecule has 0 saturated carbocycles. The Morgan fingerprint density at radius 3 is 2.92 bits per heavy atom. The fourth-order valence-corrected chi connectivity index (χ4v) is 0.935. The van der Waals surface area contributed by atoms with Gasteiger partial charge in [0.25, 0.3) is 0 Å². The van der Waals surface area contributed by atoms with Crippen molar-refractivity contribution in [2.24, 2.45) is 0 Å².